The Bertz CT molecular complexity index is 2690. The normalized spacial score (nSPS) is 11.9. The third-order valence-electron chi connectivity index (χ3n) is 9.96. The van der Waals surface area contributed by atoms with Crippen LogP contribution in [0.5, 0.6) is 0 Å². The summed E-state index contributed by atoms with van der Waals surface area (Å²) in [4.78, 5) is 0. The second-order valence-corrected chi connectivity index (χ2v) is 12.5. The van der Waals surface area contributed by atoms with Crippen molar-refractivity contribution in [2.24, 2.45) is 0 Å². The maximum atomic E-state index is 2.35. The zero-order valence-corrected chi connectivity index (χ0v) is 25.2. The molecule has 0 spiro atoms. The van der Waals surface area contributed by atoms with Crippen molar-refractivity contribution in [3.63, 3.8) is 0 Å². The van der Waals surface area contributed by atoms with Crippen molar-refractivity contribution >= 4 is 43.1 Å². The van der Waals surface area contributed by atoms with Crippen LogP contribution < -0.4 is 0 Å². The van der Waals surface area contributed by atoms with Crippen LogP contribution in [0, 0.1) is 0 Å². The Morgan fingerprint density at radius 2 is 0.761 bits per heavy atom. The summed E-state index contributed by atoms with van der Waals surface area (Å²) in [6.45, 7) is 0. The lowest BCUT2D eigenvalue weighted by molar-refractivity contribution is 1.62. The van der Waals surface area contributed by atoms with Gasteiger partial charge in [-0.05, 0) is 123 Å². The maximum absolute atomic E-state index is 2.35. The van der Waals surface area contributed by atoms with E-state index in [-0.39, 0.29) is 0 Å². The van der Waals surface area contributed by atoms with Crippen LogP contribution in [0.1, 0.15) is 0 Å². The van der Waals surface area contributed by atoms with Gasteiger partial charge in [0, 0.05) is 0 Å². The van der Waals surface area contributed by atoms with Gasteiger partial charge in [-0.15, -0.1) is 0 Å². The molecular formula is C46H28. The summed E-state index contributed by atoms with van der Waals surface area (Å²) in [5, 5.41) is 10.3. The molecule has 0 unspecified atom stereocenters. The first kappa shape index (κ1) is 25.4. The SMILES string of the molecule is c1cc(-c2ccc3cc(-c4ccc5ccccc5c4)ccc3c2)cc(-c2ccc3c4c(cccc24)-c2ccc4ccccc4c2-3)c1. The maximum Gasteiger partial charge on any atom is -0.00199 e. The lowest BCUT2D eigenvalue weighted by Crippen LogP contribution is -1.86. The van der Waals surface area contributed by atoms with Gasteiger partial charge in [-0.1, -0.05) is 146 Å². The largest absolute Gasteiger partial charge is 0.0616 e. The molecule has 1 aliphatic carbocycles. The van der Waals surface area contributed by atoms with E-state index < -0.39 is 0 Å². The van der Waals surface area contributed by atoms with Crippen molar-refractivity contribution in [3.8, 4) is 55.6 Å². The summed E-state index contributed by atoms with van der Waals surface area (Å²) >= 11 is 0. The van der Waals surface area contributed by atoms with E-state index in [1.165, 1.54) is 98.7 Å². The van der Waals surface area contributed by atoms with Crippen LogP contribution in [0.4, 0.5) is 0 Å². The first-order chi connectivity index (χ1) is 22.8. The zero-order chi connectivity index (χ0) is 30.2. The molecule has 0 saturated carbocycles. The van der Waals surface area contributed by atoms with Crippen LogP contribution in [-0.4, -0.2) is 0 Å². The third kappa shape index (κ3) is 3.81. The van der Waals surface area contributed by atoms with Crippen LogP contribution >= 0.6 is 0 Å². The standard InChI is InChI=1S/C46H28/c1-2-9-31-25-34(16-15-29(31)7-1)36-20-19-35-26-33(17-18-37(35)27-36)32-10-5-11-38(28-32)39-23-24-44-45-40-12-4-3-8-30(40)21-22-43(45)42-14-6-13-41(39)46(42)44/h1-28H. The summed E-state index contributed by atoms with van der Waals surface area (Å²) in [7, 11) is 0. The van der Waals surface area contributed by atoms with Gasteiger partial charge in [0.15, 0.2) is 0 Å². The molecule has 0 N–H and O–H groups in total. The van der Waals surface area contributed by atoms with Crippen molar-refractivity contribution in [1.29, 1.82) is 0 Å². The summed E-state index contributed by atoms with van der Waals surface area (Å²) in [6.07, 6.45) is 0. The summed E-state index contributed by atoms with van der Waals surface area (Å²) in [5.74, 6) is 0. The van der Waals surface area contributed by atoms with Gasteiger partial charge in [0.1, 0.15) is 0 Å². The zero-order valence-electron chi connectivity index (χ0n) is 25.2. The van der Waals surface area contributed by atoms with E-state index in [4.69, 9.17) is 0 Å². The average Bonchev–Trinajstić information content (AvgIpc) is 3.46. The molecule has 46 heavy (non-hydrogen) atoms. The third-order valence-corrected chi connectivity index (χ3v) is 9.96. The highest BCUT2D eigenvalue weighted by molar-refractivity contribution is 6.23. The highest BCUT2D eigenvalue weighted by Gasteiger charge is 2.24. The second kappa shape index (κ2) is 9.76. The Kier molecular flexibility index (Phi) is 5.38. The van der Waals surface area contributed by atoms with Gasteiger partial charge in [-0.3, -0.25) is 0 Å². The molecule has 9 aromatic rings. The number of hydrogen-bond donors (Lipinski definition) is 0. The second-order valence-electron chi connectivity index (χ2n) is 12.5. The Balaban J connectivity index is 1.05. The molecule has 10 rings (SSSR count). The highest BCUT2D eigenvalue weighted by Crippen LogP contribution is 2.51. The number of benzene rings is 9. The summed E-state index contributed by atoms with van der Waals surface area (Å²) < 4.78 is 0. The predicted octanol–water partition coefficient (Wildman–Crippen LogP) is 12.9. The van der Waals surface area contributed by atoms with E-state index in [2.05, 4.69) is 170 Å². The molecule has 0 bridgehead atoms. The first-order valence-corrected chi connectivity index (χ1v) is 16.0. The van der Waals surface area contributed by atoms with Crippen molar-refractivity contribution in [1.82, 2.24) is 0 Å². The van der Waals surface area contributed by atoms with E-state index in [1.807, 2.05) is 0 Å². The monoisotopic (exact) mass is 580 g/mol. The van der Waals surface area contributed by atoms with Gasteiger partial charge in [-0.25, -0.2) is 0 Å². The van der Waals surface area contributed by atoms with Gasteiger partial charge in [0.25, 0.3) is 0 Å². The molecule has 0 atom stereocenters. The Morgan fingerprint density at radius 3 is 1.54 bits per heavy atom. The first-order valence-electron chi connectivity index (χ1n) is 16.0. The van der Waals surface area contributed by atoms with Crippen molar-refractivity contribution in [2.75, 3.05) is 0 Å². The smallest absolute Gasteiger partial charge is 0.00199 e. The van der Waals surface area contributed by atoms with Crippen molar-refractivity contribution in [3.05, 3.63) is 170 Å². The topological polar surface area (TPSA) is 0 Å². The van der Waals surface area contributed by atoms with E-state index in [0.29, 0.717) is 0 Å². The van der Waals surface area contributed by atoms with E-state index in [9.17, 15) is 0 Å². The van der Waals surface area contributed by atoms with Crippen LogP contribution in [0.15, 0.2) is 170 Å². The molecule has 0 nitrogen and oxygen atoms in total. The van der Waals surface area contributed by atoms with E-state index in [0.717, 1.165) is 0 Å². The Labute approximate surface area is 267 Å². The Morgan fingerprint density at radius 1 is 0.239 bits per heavy atom. The molecule has 1 aliphatic rings. The lowest BCUT2D eigenvalue weighted by atomic mass is 9.91. The number of fused-ring (bicyclic) bond motifs is 7. The van der Waals surface area contributed by atoms with Gasteiger partial charge in [0.05, 0.1) is 0 Å². The van der Waals surface area contributed by atoms with Crippen LogP contribution in [0.2, 0.25) is 0 Å². The van der Waals surface area contributed by atoms with E-state index >= 15 is 0 Å². The van der Waals surface area contributed by atoms with Crippen molar-refractivity contribution < 1.29 is 0 Å². The highest BCUT2D eigenvalue weighted by atomic mass is 14.3. The fourth-order valence-corrected chi connectivity index (χ4v) is 7.72. The van der Waals surface area contributed by atoms with Crippen LogP contribution in [0.3, 0.4) is 0 Å². The molecule has 212 valence electrons. The van der Waals surface area contributed by atoms with E-state index in [1.54, 1.807) is 0 Å². The molecule has 0 radical (unpaired) electrons. The summed E-state index contributed by atoms with van der Waals surface area (Å²) in [6, 6.07) is 62.8. The van der Waals surface area contributed by atoms with Crippen molar-refractivity contribution in [2.45, 2.75) is 0 Å². The molecule has 0 saturated heterocycles. The minimum absolute atomic E-state index is 1.23. The molecule has 0 aliphatic heterocycles. The molecular weight excluding hydrogens is 553 g/mol. The fourth-order valence-electron chi connectivity index (χ4n) is 7.72. The van der Waals surface area contributed by atoms with Gasteiger partial charge < -0.3 is 0 Å². The Hall–Kier alpha value is -5.98. The van der Waals surface area contributed by atoms with Gasteiger partial charge in [0.2, 0.25) is 0 Å². The van der Waals surface area contributed by atoms with Gasteiger partial charge in [-0.2, -0.15) is 0 Å². The molecule has 0 heteroatoms. The van der Waals surface area contributed by atoms with Gasteiger partial charge >= 0.3 is 0 Å². The quantitative estimate of drug-likeness (QED) is 0.195. The minimum atomic E-state index is 1.23. The average molecular weight is 581 g/mol. The molecule has 0 aromatic heterocycles. The predicted molar refractivity (Wildman–Crippen MR) is 197 cm³/mol. The summed E-state index contributed by atoms with van der Waals surface area (Å²) in [5.41, 5.74) is 12.9. The van der Waals surface area contributed by atoms with Crippen LogP contribution in [-0.2, 0) is 0 Å². The molecule has 0 fully saturated rings. The minimum Gasteiger partial charge on any atom is -0.0616 e. The molecule has 9 aromatic carbocycles. The van der Waals surface area contributed by atoms with Crippen LogP contribution in [0.25, 0.3) is 98.7 Å². The fraction of sp³-hybridized carbons (Fsp3) is 0. The molecule has 0 amide bonds. The number of hydrogen-bond acceptors (Lipinski definition) is 0. The molecule has 0 heterocycles. The lowest BCUT2D eigenvalue weighted by Gasteiger charge is -2.12. The number of rotatable bonds is 3.